The Bertz CT molecular complexity index is 1440. The molecule has 0 bridgehead atoms. The molecule has 7 nitrogen and oxygen atoms in total. The van der Waals surface area contributed by atoms with Crippen LogP contribution in [-0.2, 0) is 20.9 Å². The quantitative estimate of drug-likeness (QED) is 0.392. The average molecular weight is 547 g/mol. The van der Waals surface area contributed by atoms with Crippen molar-refractivity contribution in [1.29, 1.82) is 0 Å². The number of hydrogen-bond acceptors (Lipinski definition) is 5. The molecule has 3 heterocycles. The molecule has 0 unspecified atom stereocenters. The Hall–Kier alpha value is -3.43. The fourth-order valence-corrected chi connectivity index (χ4v) is 6.62. The van der Waals surface area contributed by atoms with Gasteiger partial charge in [-0.25, -0.2) is 9.38 Å². The molecular weight excluding hydrogens is 515 g/mol. The molecule has 1 aromatic heterocycles. The van der Waals surface area contributed by atoms with Gasteiger partial charge >= 0.3 is 0 Å². The smallest absolute Gasteiger partial charge is 0.267 e. The standard InChI is InChI=1S/C30H31FN4O3S/c31-22-10-12-23(13-11-22)32-30-35(24-6-2-1-3-7-24)29(37)27(39-30)18-21-19-34(26-9-5-4-8-25(21)26)20-28(36)33-14-16-38-17-15-33/h4-5,8-13,18-19,24H,1-3,6-7,14-17,20H2/b27-18+,32-30?. The predicted octanol–water partition coefficient (Wildman–Crippen LogP) is 5.58. The molecule has 202 valence electrons. The highest BCUT2D eigenvalue weighted by atomic mass is 32.2. The first kappa shape index (κ1) is 25.8. The summed E-state index contributed by atoms with van der Waals surface area (Å²) in [5.74, 6) is -0.307. The van der Waals surface area contributed by atoms with E-state index in [9.17, 15) is 14.0 Å². The molecule has 0 atom stereocenters. The Kier molecular flexibility index (Phi) is 7.52. The van der Waals surface area contributed by atoms with Crippen molar-refractivity contribution in [3.05, 3.63) is 71.0 Å². The summed E-state index contributed by atoms with van der Waals surface area (Å²) in [5.41, 5.74) is 2.46. The first-order valence-electron chi connectivity index (χ1n) is 13.6. The highest BCUT2D eigenvalue weighted by Crippen LogP contribution is 2.39. The van der Waals surface area contributed by atoms with Crippen LogP contribution in [0.2, 0.25) is 0 Å². The molecule has 3 aliphatic rings. The summed E-state index contributed by atoms with van der Waals surface area (Å²) in [6.07, 6.45) is 9.15. The third-order valence-corrected chi connectivity index (χ3v) is 8.59. The summed E-state index contributed by atoms with van der Waals surface area (Å²) in [7, 11) is 0. The molecule has 0 N–H and O–H groups in total. The van der Waals surface area contributed by atoms with E-state index in [1.807, 2.05) is 50.9 Å². The first-order valence-corrected chi connectivity index (χ1v) is 14.4. The minimum absolute atomic E-state index is 0.0472. The summed E-state index contributed by atoms with van der Waals surface area (Å²) in [6.45, 7) is 2.57. The van der Waals surface area contributed by atoms with Crippen molar-refractivity contribution in [3.63, 3.8) is 0 Å². The summed E-state index contributed by atoms with van der Waals surface area (Å²) in [5, 5.41) is 1.62. The normalized spacial score (nSPS) is 21.0. The minimum atomic E-state index is -0.317. The van der Waals surface area contributed by atoms with Crippen LogP contribution in [0.5, 0.6) is 0 Å². The summed E-state index contributed by atoms with van der Waals surface area (Å²) in [6, 6.07) is 14.1. The van der Waals surface area contributed by atoms with Crippen molar-refractivity contribution in [1.82, 2.24) is 14.4 Å². The number of carbonyl (C=O) groups excluding carboxylic acids is 2. The van der Waals surface area contributed by atoms with Crippen molar-refractivity contribution in [3.8, 4) is 0 Å². The number of thioether (sulfide) groups is 1. The molecule has 0 radical (unpaired) electrons. The number of ether oxygens (including phenoxy) is 1. The number of hydrogen-bond donors (Lipinski definition) is 0. The second-order valence-electron chi connectivity index (χ2n) is 10.2. The van der Waals surface area contributed by atoms with E-state index in [1.165, 1.54) is 30.3 Å². The third kappa shape index (κ3) is 5.51. The zero-order valence-corrected chi connectivity index (χ0v) is 22.5. The van der Waals surface area contributed by atoms with Crippen molar-refractivity contribution in [2.75, 3.05) is 26.3 Å². The molecule has 9 heteroatoms. The van der Waals surface area contributed by atoms with Crippen LogP contribution >= 0.6 is 11.8 Å². The van der Waals surface area contributed by atoms with Gasteiger partial charge in [0, 0.05) is 41.8 Å². The van der Waals surface area contributed by atoms with Gasteiger partial charge in [0.25, 0.3) is 5.91 Å². The minimum Gasteiger partial charge on any atom is -0.378 e. The zero-order valence-electron chi connectivity index (χ0n) is 21.7. The van der Waals surface area contributed by atoms with Crippen LogP contribution < -0.4 is 0 Å². The van der Waals surface area contributed by atoms with Crippen LogP contribution in [0.15, 0.2) is 64.6 Å². The molecule has 1 saturated carbocycles. The number of aromatic nitrogens is 1. The maximum absolute atomic E-state index is 13.8. The number of carbonyl (C=O) groups is 2. The second-order valence-corrected chi connectivity index (χ2v) is 11.2. The number of amidine groups is 1. The van der Waals surface area contributed by atoms with Gasteiger partial charge in [-0.1, -0.05) is 37.5 Å². The molecule has 0 spiro atoms. The molecule has 2 aromatic carbocycles. The maximum Gasteiger partial charge on any atom is 0.267 e. The molecule has 3 fully saturated rings. The molecule has 3 aromatic rings. The molecule has 6 rings (SSSR count). The number of halogens is 1. The van der Waals surface area contributed by atoms with E-state index < -0.39 is 0 Å². The van der Waals surface area contributed by atoms with Gasteiger partial charge in [0.2, 0.25) is 5.91 Å². The monoisotopic (exact) mass is 546 g/mol. The van der Waals surface area contributed by atoms with E-state index in [4.69, 9.17) is 9.73 Å². The molecule has 2 saturated heterocycles. The van der Waals surface area contributed by atoms with Crippen LogP contribution in [0, 0.1) is 5.82 Å². The lowest BCUT2D eigenvalue weighted by Gasteiger charge is -2.30. The van der Waals surface area contributed by atoms with Gasteiger partial charge in [0.15, 0.2) is 5.17 Å². The van der Waals surface area contributed by atoms with Crippen LogP contribution in [0.3, 0.4) is 0 Å². The molecule has 2 amide bonds. The summed E-state index contributed by atoms with van der Waals surface area (Å²) in [4.78, 5) is 35.9. The van der Waals surface area contributed by atoms with Crippen LogP contribution in [0.25, 0.3) is 17.0 Å². The highest BCUT2D eigenvalue weighted by Gasteiger charge is 2.38. The molecule has 39 heavy (non-hydrogen) atoms. The number of para-hydroxylation sites is 1. The first-order chi connectivity index (χ1) is 19.1. The number of aliphatic imine (C=N–C) groups is 1. The zero-order chi connectivity index (χ0) is 26.8. The van der Waals surface area contributed by atoms with E-state index in [0.717, 1.165) is 42.1 Å². The van der Waals surface area contributed by atoms with Gasteiger partial charge in [-0.2, -0.15) is 0 Å². The van der Waals surface area contributed by atoms with E-state index in [2.05, 4.69) is 0 Å². The lowest BCUT2D eigenvalue weighted by Crippen LogP contribution is -2.42. The van der Waals surface area contributed by atoms with Crippen LogP contribution in [0.1, 0.15) is 37.7 Å². The molecule has 1 aliphatic carbocycles. The van der Waals surface area contributed by atoms with Crippen LogP contribution in [0.4, 0.5) is 10.1 Å². The second kappa shape index (κ2) is 11.4. The maximum atomic E-state index is 13.8. The Morgan fingerprint density at radius 2 is 1.79 bits per heavy atom. The predicted molar refractivity (Wildman–Crippen MR) is 152 cm³/mol. The fraction of sp³-hybridized carbons (Fsp3) is 0.367. The fourth-order valence-electron chi connectivity index (χ4n) is 5.57. The third-order valence-electron chi connectivity index (χ3n) is 7.60. The Balaban J connectivity index is 1.33. The van der Waals surface area contributed by atoms with Crippen LogP contribution in [-0.4, -0.2) is 63.7 Å². The molecular formula is C30H31FN4O3S. The van der Waals surface area contributed by atoms with Crippen molar-refractivity contribution < 1.29 is 18.7 Å². The van der Waals surface area contributed by atoms with Crippen molar-refractivity contribution in [2.24, 2.45) is 4.99 Å². The van der Waals surface area contributed by atoms with Gasteiger partial charge < -0.3 is 14.2 Å². The van der Waals surface area contributed by atoms with Gasteiger partial charge in [-0.3, -0.25) is 14.5 Å². The highest BCUT2D eigenvalue weighted by molar-refractivity contribution is 8.18. The van der Waals surface area contributed by atoms with E-state index in [0.29, 0.717) is 42.1 Å². The summed E-state index contributed by atoms with van der Waals surface area (Å²) >= 11 is 1.36. The summed E-state index contributed by atoms with van der Waals surface area (Å²) < 4.78 is 20.8. The number of benzene rings is 2. The average Bonchev–Trinajstić information content (AvgIpc) is 3.47. The van der Waals surface area contributed by atoms with Crippen molar-refractivity contribution >= 4 is 51.4 Å². The number of nitrogens with zero attached hydrogens (tertiary/aromatic N) is 4. The molecule has 2 aliphatic heterocycles. The largest absolute Gasteiger partial charge is 0.378 e. The SMILES string of the molecule is O=C(Cn1cc(/C=C2/SC(=Nc3ccc(F)cc3)N(C3CCCCC3)C2=O)c2ccccc21)N1CCOCC1. The van der Waals surface area contributed by atoms with Gasteiger partial charge in [-0.15, -0.1) is 0 Å². The van der Waals surface area contributed by atoms with Gasteiger partial charge in [0.05, 0.1) is 23.8 Å². The Morgan fingerprint density at radius 1 is 1.05 bits per heavy atom. The number of amides is 2. The Morgan fingerprint density at radius 3 is 2.56 bits per heavy atom. The topological polar surface area (TPSA) is 67.1 Å². The van der Waals surface area contributed by atoms with Crippen molar-refractivity contribution in [2.45, 2.75) is 44.7 Å². The van der Waals surface area contributed by atoms with E-state index >= 15 is 0 Å². The number of morpholine rings is 1. The number of rotatable bonds is 5. The lowest BCUT2D eigenvalue weighted by molar-refractivity contribution is -0.135. The van der Waals surface area contributed by atoms with Gasteiger partial charge in [0.1, 0.15) is 12.4 Å². The van der Waals surface area contributed by atoms with E-state index in [1.54, 1.807) is 12.1 Å². The Labute approximate surface area is 231 Å². The van der Waals surface area contributed by atoms with E-state index in [-0.39, 0.29) is 30.2 Å². The number of fused-ring (bicyclic) bond motifs is 1. The lowest BCUT2D eigenvalue weighted by atomic mass is 9.94. The van der Waals surface area contributed by atoms with Gasteiger partial charge in [-0.05, 0) is 61.0 Å².